The molecule has 2 aliphatic rings. The van der Waals surface area contributed by atoms with Crippen molar-refractivity contribution in [3.63, 3.8) is 0 Å². The summed E-state index contributed by atoms with van der Waals surface area (Å²) >= 11 is 1.64. The van der Waals surface area contributed by atoms with Crippen molar-refractivity contribution in [1.29, 1.82) is 0 Å². The Morgan fingerprint density at radius 3 is 2.60 bits per heavy atom. The van der Waals surface area contributed by atoms with Crippen molar-refractivity contribution in [2.75, 3.05) is 0 Å². The number of aromatic nitrogens is 1. The van der Waals surface area contributed by atoms with Crippen LogP contribution in [0.3, 0.4) is 0 Å². The van der Waals surface area contributed by atoms with Gasteiger partial charge in [-0.2, -0.15) is 0 Å². The summed E-state index contributed by atoms with van der Waals surface area (Å²) in [6, 6.07) is -0.161. The molecule has 3 rings (SSSR count). The molecular weight excluding hydrogens is 274 g/mol. The number of amides is 2. The van der Waals surface area contributed by atoms with E-state index in [0.717, 1.165) is 28.4 Å². The topological polar surface area (TPSA) is 62.3 Å². The average Bonchev–Trinajstić information content (AvgIpc) is 3.08. The fourth-order valence-corrected chi connectivity index (χ4v) is 3.76. The first-order valence-corrected chi connectivity index (χ1v) is 7.85. The first-order chi connectivity index (χ1) is 9.47. The van der Waals surface area contributed by atoms with Crippen LogP contribution in [0.2, 0.25) is 0 Å². The zero-order chi connectivity index (χ0) is 14.4. The molecule has 1 aliphatic carbocycles. The number of thiazole rings is 1. The van der Waals surface area contributed by atoms with Crippen molar-refractivity contribution in [3.8, 4) is 0 Å². The maximum absolute atomic E-state index is 12.3. The second kappa shape index (κ2) is 4.93. The molecule has 6 heteroatoms. The van der Waals surface area contributed by atoms with Crippen LogP contribution in [0.25, 0.3) is 0 Å². The molecule has 2 amide bonds. The Morgan fingerprint density at radius 2 is 2.05 bits per heavy atom. The molecule has 2 fully saturated rings. The zero-order valence-electron chi connectivity index (χ0n) is 12.0. The molecule has 0 spiro atoms. The largest absolute Gasteiger partial charge is 0.298 e. The molecule has 1 N–H and O–H groups in total. The zero-order valence-corrected chi connectivity index (χ0v) is 12.8. The minimum Gasteiger partial charge on any atom is -0.298 e. The van der Waals surface area contributed by atoms with Crippen LogP contribution < -0.4 is 5.32 Å². The van der Waals surface area contributed by atoms with Gasteiger partial charge < -0.3 is 0 Å². The van der Waals surface area contributed by atoms with Crippen molar-refractivity contribution >= 4 is 23.2 Å². The molecule has 1 aromatic heterocycles. The number of carbonyl (C=O) groups is 2. The third kappa shape index (κ3) is 2.38. The van der Waals surface area contributed by atoms with Crippen LogP contribution in [0.1, 0.15) is 47.8 Å². The lowest BCUT2D eigenvalue weighted by Gasteiger charge is -2.18. The lowest BCUT2D eigenvalue weighted by molar-refractivity contribution is -0.139. The summed E-state index contributed by atoms with van der Waals surface area (Å²) < 4.78 is 0. The first kappa shape index (κ1) is 13.7. The van der Waals surface area contributed by atoms with Crippen LogP contribution in [0, 0.1) is 13.8 Å². The Morgan fingerprint density at radius 1 is 1.35 bits per heavy atom. The molecule has 2 unspecified atom stereocenters. The monoisotopic (exact) mass is 293 g/mol. The van der Waals surface area contributed by atoms with E-state index >= 15 is 0 Å². The second-order valence-electron chi connectivity index (χ2n) is 5.66. The molecule has 2 atom stereocenters. The number of nitrogens with one attached hydrogen (secondary N) is 1. The van der Waals surface area contributed by atoms with Gasteiger partial charge >= 0.3 is 0 Å². The summed E-state index contributed by atoms with van der Waals surface area (Å²) in [5.41, 5.74) is 1.00. The lowest BCUT2D eigenvalue weighted by Crippen LogP contribution is -2.40. The van der Waals surface area contributed by atoms with Crippen molar-refractivity contribution in [1.82, 2.24) is 15.2 Å². The van der Waals surface area contributed by atoms with Gasteiger partial charge in [-0.25, -0.2) is 4.98 Å². The smallest absolute Gasteiger partial charge is 0.247 e. The van der Waals surface area contributed by atoms with Crippen LogP contribution in [-0.4, -0.2) is 33.8 Å². The third-order valence-corrected chi connectivity index (χ3v) is 5.13. The minimum atomic E-state index is -0.375. The van der Waals surface area contributed by atoms with Gasteiger partial charge in [0.05, 0.1) is 23.2 Å². The minimum absolute atomic E-state index is 0.0283. The maximum atomic E-state index is 12.3. The number of carbonyl (C=O) groups excluding carboxylic acids is 2. The number of likely N-dealkylation sites (tertiary alicyclic amines) is 1. The first-order valence-electron chi connectivity index (χ1n) is 7.03. The molecule has 1 aliphatic heterocycles. The van der Waals surface area contributed by atoms with E-state index in [1.165, 1.54) is 4.90 Å². The second-order valence-corrected chi connectivity index (χ2v) is 6.90. The number of aryl methyl sites for hydroxylation is 2. The van der Waals surface area contributed by atoms with E-state index in [1.807, 2.05) is 20.8 Å². The molecule has 1 saturated heterocycles. The number of hydrogen-bond donors (Lipinski definition) is 1. The normalized spacial score (nSPS) is 24.6. The van der Waals surface area contributed by atoms with E-state index < -0.39 is 0 Å². The molecule has 1 aromatic rings. The Bertz CT molecular complexity index is 565. The Kier molecular flexibility index (Phi) is 3.38. The van der Waals surface area contributed by atoms with Gasteiger partial charge in [-0.05, 0) is 33.6 Å². The Balaban J connectivity index is 1.70. The lowest BCUT2D eigenvalue weighted by atomic mass is 10.2. The predicted octanol–water partition coefficient (Wildman–Crippen LogP) is 1.70. The summed E-state index contributed by atoms with van der Waals surface area (Å²) in [5.74, 6) is -0.0809. The van der Waals surface area contributed by atoms with E-state index in [2.05, 4.69) is 10.3 Å². The fraction of sp³-hybridized carbons (Fsp3) is 0.643. The highest BCUT2D eigenvalue weighted by atomic mass is 32.1. The molecule has 5 nitrogen and oxygen atoms in total. The number of rotatable bonds is 4. The summed E-state index contributed by atoms with van der Waals surface area (Å²) in [4.78, 5) is 31.2. The number of hydrogen-bond acceptors (Lipinski definition) is 5. The van der Waals surface area contributed by atoms with Crippen LogP contribution in [0.5, 0.6) is 0 Å². The van der Waals surface area contributed by atoms with Crippen molar-refractivity contribution in [2.24, 2.45) is 0 Å². The molecule has 108 valence electrons. The van der Waals surface area contributed by atoms with Gasteiger partial charge in [0.25, 0.3) is 0 Å². The van der Waals surface area contributed by atoms with E-state index in [9.17, 15) is 9.59 Å². The Hall–Kier alpha value is -1.27. The molecule has 2 heterocycles. The van der Waals surface area contributed by atoms with Gasteiger partial charge in [-0.15, -0.1) is 11.3 Å². The molecule has 20 heavy (non-hydrogen) atoms. The third-order valence-electron chi connectivity index (χ3n) is 3.88. The summed E-state index contributed by atoms with van der Waals surface area (Å²) in [7, 11) is 0. The number of nitrogens with zero attached hydrogens (tertiary/aromatic N) is 2. The van der Waals surface area contributed by atoms with Gasteiger partial charge in [0.1, 0.15) is 0 Å². The highest BCUT2D eigenvalue weighted by molar-refractivity contribution is 7.11. The Labute approximate surface area is 122 Å². The fourth-order valence-electron chi connectivity index (χ4n) is 2.82. The maximum Gasteiger partial charge on any atom is 0.247 e. The van der Waals surface area contributed by atoms with E-state index in [1.54, 1.807) is 11.3 Å². The van der Waals surface area contributed by atoms with Crippen LogP contribution >= 0.6 is 11.3 Å². The predicted molar refractivity (Wildman–Crippen MR) is 76.4 cm³/mol. The van der Waals surface area contributed by atoms with E-state index in [0.29, 0.717) is 0 Å². The van der Waals surface area contributed by atoms with Gasteiger partial charge in [-0.3, -0.25) is 19.8 Å². The standard InChI is InChI=1S/C14H19N3O2S/c1-7-13(20-9(3)15-7)8(2)16-11-6-12(18)17(14(11)19)10-4-5-10/h8,10-11,16H,4-6H2,1-3H3. The quantitative estimate of drug-likeness (QED) is 0.858. The highest BCUT2D eigenvalue weighted by Gasteiger charge is 2.46. The molecule has 0 aromatic carbocycles. The summed E-state index contributed by atoms with van der Waals surface area (Å²) in [6.45, 7) is 5.99. The van der Waals surface area contributed by atoms with Crippen LogP contribution in [-0.2, 0) is 9.59 Å². The highest BCUT2D eigenvalue weighted by Crippen LogP contribution is 2.32. The molecule has 1 saturated carbocycles. The van der Waals surface area contributed by atoms with Crippen molar-refractivity contribution in [3.05, 3.63) is 15.6 Å². The summed E-state index contributed by atoms with van der Waals surface area (Å²) in [5, 5.41) is 4.33. The summed E-state index contributed by atoms with van der Waals surface area (Å²) in [6.07, 6.45) is 2.22. The van der Waals surface area contributed by atoms with Gasteiger partial charge in [0.15, 0.2) is 0 Å². The van der Waals surface area contributed by atoms with Gasteiger partial charge in [0.2, 0.25) is 11.8 Å². The molecule has 0 radical (unpaired) electrons. The molecular formula is C14H19N3O2S. The molecule has 0 bridgehead atoms. The van der Waals surface area contributed by atoms with Crippen molar-refractivity contribution < 1.29 is 9.59 Å². The SMILES string of the molecule is Cc1nc(C)c(C(C)NC2CC(=O)N(C3CC3)C2=O)s1. The van der Waals surface area contributed by atoms with Crippen LogP contribution in [0.15, 0.2) is 0 Å². The van der Waals surface area contributed by atoms with Crippen molar-refractivity contribution in [2.45, 2.75) is 58.2 Å². The number of imide groups is 1. The van der Waals surface area contributed by atoms with Gasteiger partial charge in [0, 0.05) is 17.0 Å². The average molecular weight is 293 g/mol. The van der Waals surface area contributed by atoms with E-state index in [4.69, 9.17) is 0 Å². The van der Waals surface area contributed by atoms with Gasteiger partial charge in [-0.1, -0.05) is 0 Å². The van der Waals surface area contributed by atoms with Crippen LogP contribution in [0.4, 0.5) is 0 Å². The van der Waals surface area contributed by atoms with E-state index in [-0.39, 0.29) is 36.4 Å².